The van der Waals surface area contributed by atoms with E-state index in [2.05, 4.69) is 94.4 Å². The second-order valence-electron chi connectivity index (χ2n) is 9.90. The molecule has 31 heavy (non-hydrogen) atoms. The Morgan fingerprint density at radius 2 is 1.45 bits per heavy atom. The average molecular weight is 583 g/mol. The largest absolute Gasteiger partial charge is 0.304 e. The van der Waals surface area contributed by atoms with E-state index < -0.39 is 0 Å². The maximum Gasteiger partial charge on any atom is 0.0167 e. The van der Waals surface area contributed by atoms with Crippen molar-refractivity contribution in [2.45, 2.75) is 51.4 Å². The molecule has 0 spiro atoms. The molecule has 1 aromatic heterocycles. The van der Waals surface area contributed by atoms with Gasteiger partial charge in [0.25, 0.3) is 0 Å². The summed E-state index contributed by atoms with van der Waals surface area (Å²) in [5, 5.41) is 2.50. The molecule has 0 amide bonds. The number of aromatic nitrogens is 1. The molecular weight excluding hydrogens is 555 g/mol. The van der Waals surface area contributed by atoms with Crippen molar-refractivity contribution >= 4 is 10.8 Å². The van der Waals surface area contributed by atoms with Crippen LogP contribution in [0.15, 0.2) is 72.9 Å². The molecule has 4 aromatic rings. The van der Waals surface area contributed by atoms with Crippen LogP contribution < -0.4 is 0 Å². The summed E-state index contributed by atoms with van der Waals surface area (Å²) >= 11 is 0. The average Bonchev–Trinajstić information content (AvgIpc) is 2.76. The zero-order chi connectivity index (χ0) is 20.9. The van der Waals surface area contributed by atoms with Gasteiger partial charge in [0.2, 0.25) is 0 Å². The van der Waals surface area contributed by atoms with E-state index >= 15 is 0 Å². The second kappa shape index (κ2) is 8.01. The first-order chi connectivity index (χ1) is 14.4. The van der Waals surface area contributed by atoms with Crippen molar-refractivity contribution in [2.24, 2.45) is 0 Å². The zero-order valence-electron chi connectivity index (χ0n) is 18.6. The van der Waals surface area contributed by atoms with Crippen LogP contribution in [0, 0.1) is 6.07 Å². The molecule has 0 aliphatic heterocycles. The molecule has 0 bridgehead atoms. The molecule has 1 heterocycles. The first kappa shape index (κ1) is 21.9. The van der Waals surface area contributed by atoms with Gasteiger partial charge in [0.15, 0.2) is 0 Å². The van der Waals surface area contributed by atoms with Crippen LogP contribution in [-0.4, -0.2) is 4.98 Å². The van der Waals surface area contributed by atoms with E-state index in [1.165, 1.54) is 45.9 Å². The number of nitrogens with zero attached hydrogens (tertiary/aromatic N) is 1. The fourth-order valence-electron chi connectivity index (χ4n) is 4.83. The van der Waals surface area contributed by atoms with Gasteiger partial charge in [0.05, 0.1) is 0 Å². The summed E-state index contributed by atoms with van der Waals surface area (Å²) < 4.78 is 0. The minimum atomic E-state index is 0. The van der Waals surface area contributed by atoms with Crippen molar-refractivity contribution in [3.8, 4) is 22.4 Å². The van der Waals surface area contributed by atoms with Gasteiger partial charge < -0.3 is 4.98 Å². The zero-order valence-corrected chi connectivity index (χ0v) is 21.0. The number of fused-ring (bicyclic) bond motifs is 2. The van der Waals surface area contributed by atoms with Gasteiger partial charge in [-0.15, -0.1) is 29.8 Å². The van der Waals surface area contributed by atoms with Crippen LogP contribution in [0.5, 0.6) is 0 Å². The summed E-state index contributed by atoms with van der Waals surface area (Å²) in [5.41, 5.74) is 7.83. The normalized spacial score (nSPS) is 16.4. The van der Waals surface area contributed by atoms with Crippen molar-refractivity contribution < 1.29 is 20.1 Å². The van der Waals surface area contributed by atoms with Crippen LogP contribution in [0.2, 0.25) is 0 Å². The van der Waals surface area contributed by atoms with E-state index in [0.717, 1.165) is 11.3 Å². The standard InChI is InChI=1S/C29H28N.Ir/c1-28(2)15-16-29(3,4)26-19-24-23(18-25(26)28)14-17-30-27(24)22-12-10-21(11-13-22)20-8-6-5-7-9-20;/h5-12,14,17-19H,15-16H2,1-4H3;/q-1;. The minimum Gasteiger partial charge on any atom is -0.304 e. The molecule has 3 aromatic carbocycles. The Hall–Kier alpha value is -2.28. The Morgan fingerprint density at radius 3 is 2.10 bits per heavy atom. The Balaban J connectivity index is 0.00000231. The van der Waals surface area contributed by atoms with E-state index in [-0.39, 0.29) is 30.9 Å². The van der Waals surface area contributed by atoms with Gasteiger partial charge in [0, 0.05) is 26.3 Å². The van der Waals surface area contributed by atoms with Crippen LogP contribution in [0.1, 0.15) is 51.7 Å². The number of benzene rings is 3. The van der Waals surface area contributed by atoms with Crippen molar-refractivity contribution in [3.05, 3.63) is 90.1 Å². The van der Waals surface area contributed by atoms with E-state index in [0.29, 0.717) is 0 Å². The molecule has 1 nitrogen and oxygen atoms in total. The topological polar surface area (TPSA) is 12.9 Å². The molecular formula is C29H28IrN-. The Morgan fingerprint density at radius 1 is 0.774 bits per heavy atom. The third-order valence-corrected chi connectivity index (χ3v) is 6.91. The van der Waals surface area contributed by atoms with E-state index in [9.17, 15) is 0 Å². The SMILES string of the molecule is CC1(C)CCC(C)(C)c2cc3c(-c4[c-]cc(-c5ccccc5)cc4)nccc3cc21.[Ir]. The molecule has 1 aliphatic rings. The molecule has 2 heteroatoms. The van der Waals surface area contributed by atoms with Crippen LogP contribution in [-0.2, 0) is 30.9 Å². The van der Waals surface area contributed by atoms with Gasteiger partial charge in [-0.1, -0.05) is 81.3 Å². The van der Waals surface area contributed by atoms with Gasteiger partial charge in [0.1, 0.15) is 0 Å². The van der Waals surface area contributed by atoms with E-state index in [1.54, 1.807) is 0 Å². The third kappa shape index (κ3) is 3.88. The predicted octanol–water partition coefficient (Wildman–Crippen LogP) is 7.72. The van der Waals surface area contributed by atoms with Gasteiger partial charge in [-0.25, -0.2) is 0 Å². The molecule has 0 saturated heterocycles. The number of hydrogen-bond acceptors (Lipinski definition) is 1. The quantitative estimate of drug-likeness (QED) is 0.221. The molecule has 0 N–H and O–H groups in total. The summed E-state index contributed by atoms with van der Waals surface area (Å²) in [4.78, 5) is 4.78. The second-order valence-corrected chi connectivity index (χ2v) is 9.90. The first-order valence-electron chi connectivity index (χ1n) is 10.9. The summed E-state index contributed by atoms with van der Waals surface area (Å²) in [6, 6.07) is 27.3. The van der Waals surface area contributed by atoms with Crippen LogP contribution in [0.4, 0.5) is 0 Å². The number of rotatable bonds is 2. The Labute approximate surface area is 199 Å². The van der Waals surface area contributed by atoms with Crippen molar-refractivity contribution in [3.63, 3.8) is 0 Å². The van der Waals surface area contributed by atoms with Gasteiger partial charge in [-0.2, -0.15) is 0 Å². The molecule has 1 aliphatic carbocycles. The maximum absolute atomic E-state index is 4.78. The number of pyridine rings is 1. The summed E-state index contributed by atoms with van der Waals surface area (Å²) in [7, 11) is 0. The predicted molar refractivity (Wildman–Crippen MR) is 127 cm³/mol. The molecule has 0 fully saturated rings. The summed E-state index contributed by atoms with van der Waals surface area (Å²) in [6.45, 7) is 9.52. The van der Waals surface area contributed by atoms with Crippen LogP contribution in [0.3, 0.4) is 0 Å². The third-order valence-electron chi connectivity index (χ3n) is 6.91. The van der Waals surface area contributed by atoms with Crippen molar-refractivity contribution in [2.75, 3.05) is 0 Å². The molecule has 0 unspecified atom stereocenters. The van der Waals surface area contributed by atoms with Crippen LogP contribution in [0.25, 0.3) is 33.2 Å². The van der Waals surface area contributed by atoms with Crippen molar-refractivity contribution in [1.29, 1.82) is 0 Å². The molecule has 0 saturated carbocycles. The smallest absolute Gasteiger partial charge is 0.0167 e. The van der Waals surface area contributed by atoms with Crippen molar-refractivity contribution in [1.82, 2.24) is 4.98 Å². The fourth-order valence-corrected chi connectivity index (χ4v) is 4.83. The maximum atomic E-state index is 4.78. The van der Waals surface area contributed by atoms with Gasteiger partial charge in [-0.05, 0) is 57.3 Å². The monoisotopic (exact) mass is 583 g/mol. The van der Waals surface area contributed by atoms with Gasteiger partial charge >= 0.3 is 0 Å². The molecule has 1 radical (unpaired) electrons. The molecule has 5 rings (SSSR count). The van der Waals surface area contributed by atoms with Crippen LogP contribution >= 0.6 is 0 Å². The molecule has 0 atom stereocenters. The Kier molecular flexibility index (Phi) is 5.66. The number of hydrogen-bond donors (Lipinski definition) is 0. The Bertz CT molecular complexity index is 1220. The minimum absolute atomic E-state index is 0. The van der Waals surface area contributed by atoms with E-state index in [1.807, 2.05) is 12.3 Å². The van der Waals surface area contributed by atoms with Gasteiger partial charge in [-0.3, -0.25) is 0 Å². The summed E-state index contributed by atoms with van der Waals surface area (Å²) in [5.74, 6) is 0. The molecule has 159 valence electrons. The summed E-state index contributed by atoms with van der Waals surface area (Å²) in [6.07, 6.45) is 4.38. The first-order valence-corrected chi connectivity index (χ1v) is 10.9. The fraction of sp³-hybridized carbons (Fsp3) is 0.276. The van der Waals surface area contributed by atoms with E-state index in [4.69, 9.17) is 4.98 Å².